The monoisotopic (exact) mass is 467 g/mol. The third kappa shape index (κ3) is 4.66. The summed E-state index contributed by atoms with van der Waals surface area (Å²) in [5, 5.41) is 6.15. The molecule has 0 aliphatic heterocycles. The Morgan fingerprint density at radius 2 is 1.81 bits per heavy atom. The fourth-order valence-corrected chi connectivity index (χ4v) is 3.43. The van der Waals surface area contributed by atoms with Crippen LogP contribution in [0.5, 0.6) is 11.5 Å². The summed E-state index contributed by atoms with van der Waals surface area (Å²) in [5.41, 5.74) is 3.15. The first-order chi connectivity index (χ1) is 15.5. The van der Waals surface area contributed by atoms with Crippen molar-refractivity contribution in [3.8, 4) is 23.0 Å². The number of hydrogen-bond acceptors (Lipinski definition) is 6. The van der Waals surface area contributed by atoms with Gasteiger partial charge >= 0.3 is 0 Å². The zero-order valence-electron chi connectivity index (χ0n) is 17.1. The van der Waals surface area contributed by atoms with Crippen molar-refractivity contribution in [1.82, 2.24) is 10.3 Å². The van der Waals surface area contributed by atoms with E-state index in [9.17, 15) is 4.79 Å². The van der Waals surface area contributed by atoms with Crippen LogP contribution in [0.15, 0.2) is 65.1 Å². The minimum Gasteiger partial charge on any atom is -0.497 e. The molecule has 2 N–H and O–H groups in total. The smallest absolute Gasteiger partial charge is 0.261 e. The molecule has 4 rings (SSSR count). The average molecular weight is 468 g/mol. The number of carbonyl (C=O) groups excluding carboxylic acids is 1. The molecule has 0 spiro atoms. The molecule has 32 heavy (non-hydrogen) atoms. The Labute approximate surface area is 194 Å². The molecule has 1 aromatic heterocycles. The second kappa shape index (κ2) is 9.25. The molecule has 0 saturated carbocycles. The van der Waals surface area contributed by atoms with Crippen molar-refractivity contribution in [2.75, 3.05) is 19.5 Å². The zero-order valence-corrected chi connectivity index (χ0v) is 18.7. The van der Waals surface area contributed by atoms with Crippen LogP contribution in [0.1, 0.15) is 10.4 Å². The quantitative estimate of drug-likeness (QED) is 0.385. The molecule has 0 atom stereocenters. The normalized spacial score (nSPS) is 10.6. The standard InChI is InChI=1S/C23H18ClN3O4S/c1-29-16-8-10-20-18(12-16)26-22(31-20)13-3-6-15(7-4-13)25-23(32)27-21(28)17-11-14(24)5-9-19(17)30-2/h3-12H,1-2H3,(H2,25,27,28,32). The summed E-state index contributed by atoms with van der Waals surface area (Å²) in [6, 6.07) is 17.5. The van der Waals surface area contributed by atoms with Crippen LogP contribution in [0.25, 0.3) is 22.6 Å². The maximum atomic E-state index is 12.5. The summed E-state index contributed by atoms with van der Waals surface area (Å²) in [5.74, 6) is 1.17. The Morgan fingerprint density at radius 1 is 1.03 bits per heavy atom. The van der Waals surface area contributed by atoms with E-state index in [4.69, 9.17) is 37.7 Å². The fraction of sp³-hybridized carbons (Fsp3) is 0.0870. The summed E-state index contributed by atoms with van der Waals surface area (Å²) in [7, 11) is 3.08. The first kappa shape index (κ1) is 21.6. The number of carbonyl (C=O) groups is 1. The number of nitrogens with zero attached hydrogens (tertiary/aromatic N) is 1. The second-order valence-electron chi connectivity index (χ2n) is 6.68. The molecule has 9 heteroatoms. The highest BCUT2D eigenvalue weighted by Crippen LogP contribution is 2.28. The molecule has 0 unspecified atom stereocenters. The van der Waals surface area contributed by atoms with E-state index in [-0.39, 0.29) is 10.7 Å². The number of ether oxygens (including phenoxy) is 2. The van der Waals surface area contributed by atoms with Crippen molar-refractivity contribution in [2.45, 2.75) is 0 Å². The molecule has 1 heterocycles. The topological polar surface area (TPSA) is 85.6 Å². The highest BCUT2D eigenvalue weighted by atomic mass is 35.5. The molecule has 1 amide bonds. The number of aromatic nitrogens is 1. The van der Waals surface area contributed by atoms with E-state index in [1.807, 2.05) is 42.5 Å². The van der Waals surface area contributed by atoms with Crippen molar-refractivity contribution in [1.29, 1.82) is 0 Å². The van der Waals surface area contributed by atoms with Gasteiger partial charge in [-0.25, -0.2) is 4.98 Å². The van der Waals surface area contributed by atoms with Crippen LogP contribution in [0.4, 0.5) is 5.69 Å². The number of oxazole rings is 1. The lowest BCUT2D eigenvalue weighted by molar-refractivity contribution is 0.0975. The van der Waals surface area contributed by atoms with Crippen molar-refractivity contribution < 1.29 is 18.7 Å². The molecule has 0 fully saturated rings. The molecule has 4 aromatic rings. The fourth-order valence-electron chi connectivity index (χ4n) is 3.04. The van der Waals surface area contributed by atoms with Crippen LogP contribution in [0, 0.1) is 0 Å². The average Bonchev–Trinajstić information content (AvgIpc) is 3.22. The molecule has 3 aromatic carbocycles. The first-order valence-corrected chi connectivity index (χ1v) is 10.3. The molecule has 0 radical (unpaired) electrons. The minimum absolute atomic E-state index is 0.138. The van der Waals surface area contributed by atoms with Gasteiger partial charge in [0.25, 0.3) is 5.91 Å². The largest absolute Gasteiger partial charge is 0.497 e. The second-order valence-corrected chi connectivity index (χ2v) is 7.53. The van der Waals surface area contributed by atoms with E-state index < -0.39 is 5.91 Å². The maximum Gasteiger partial charge on any atom is 0.261 e. The Hall–Kier alpha value is -3.62. The van der Waals surface area contributed by atoms with Gasteiger partial charge in [-0.15, -0.1) is 0 Å². The van der Waals surface area contributed by atoms with Crippen LogP contribution in [0.3, 0.4) is 0 Å². The predicted octanol–water partition coefficient (Wildman–Crippen LogP) is 5.29. The van der Waals surface area contributed by atoms with Crippen LogP contribution >= 0.6 is 23.8 Å². The predicted molar refractivity (Wildman–Crippen MR) is 128 cm³/mol. The summed E-state index contributed by atoms with van der Waals surface area (Å²) in [6.45, 7) is 0. The van der Waals surface area contributed by atoms with Crippen molar-refractivity contribution in [3.05, 3.63) is 71.2 Å². The van der Waals surface area contributed by atoms with Crippen molar-refractivity contribution in [2.24, 2.45) is 0 Å². The van der Waals surface area contributed by atoms with Gasteiger partial charge in [-0.2, -0.15) is 0 Å². The summed E-state index contributed by atoms with van der Waals surface area (Å²) in [6.07, 6.45) is 0. The van der Waals surface area contributed by atoms with E-state index in [1.165, 1.54) is 13.2 Å². The summed E-state index contributed by atoms with van der Waals surface area (Å²) >= 11 is 11.2. The summed E-state index contributed by atoms with van der Waals surface area (Å²) < 4.78 is 16.2. The van der Waals surface area contributed by atoms with Gasteiger partial charge in [-0.3, -0.25) is 10.1 Å². The lowest BCUT2D eigenvalue weighted by Crippen LogP contribution is -2.34. The number of anilines is 1. The number of methoxy groups -OCH3 is 2. The molecular formula is C23H18ClN3O4S. The van der Waals surface area contributed by atoms with Crippen LogP contribution < -0.4 is 20.1 Å². The SMILES string of the molecule is COc1ccc2oc(-c3ccc(NC(=S)NC(=O)c4cc(Cl)ccc4OC)cc3)nc2c1. The number of nitrogens with one attached hydrogen (secondary N) is 2. The van der Waals surface area contributed by atoms with Gasteiger partial charge in [0.05, 0.1) is 19.8 Å². The number of halogens is 1. The van der Waals surface area contributed by atoms with Gasteiger partial charge in [-0.1, -0.05) is 11.6 Å². The van der Waals surface area contributed by atoms with E-state index in [0.717, 1.165) is 5.56 Å². The van der Waals surface area contributed by atoms with Gasteiger partial charge in [-0.05, 0) is 66.8 Å². The Balaban J connectivity index is 1.44. The van der Waals surface area contributed by atoms with Gasteiger partial charge in [0, 0.05) is 22.3 Å². The lowest BCUT2D eigenvalue weighted by atomic mass is 10.2. The first-order valence-electron chi connectivity index (χ1n) is 9.47. The number of benzene rings is 3. The van der Waals surface area contributed by atoms with Gasteiger partial charge in [0.1, 0.15) is 17.0 Å². The van der Waals surface area contributed by atoms with Crippen molar-refractivity contribution >= 4 is 51.6 Å². The number of hydrogen-bond donors (Lipinski definition) is 2. The van der Waals surface area contributed by atoms with Crippen LogP contribution in [-0.4, -0.2) is 30.2 Å². The third-order valence-corrected chi connectivity index (χ3v) is 5.06. The molecule has 162 valence electrons. The van der Waals surface area contributed by atoms with E-state index in [1.54, 1.807) is 19.2 Å². The van der Waals surface area contributed by atoms with E-state index in [2.05, 4.69) is 15.6 Å². The number of amides is 1. The van der Waals surface area contributed by atoms with Crippen molar-refractivity contribution in [3.63, 3.8) is 0 Å². The van der Waals surface area contributed by atoms with Gasteiger partial charge < -0.3 is 19.2 Å². The van der Waals surface area contributed by atoms with E-state index in [0.29, 0.717) is 39.2 Å². The van der Waals surface area contributed by atoms with Gasteiger partial charge in [0.2, 0.25) is 5.89 Å². The third-order valence-electron chi connectivity index (χ3n) is 4.62. The zero-order chi connectivity index (χ0) is 22.7. The molecule has 0 aliphatic carbocycles. The molecular weight excluding hydrogens is 450 g/mol. The molecule has 7 nitrogen and oxygen atoms in total. The highest BCUT2D eigenvalue weighted by Gasteiger charge is 2.15. The van der Waals surface area contributed by atoms with Gasteiger partial charge in [0.15, 0.2) is 10.7 Å². The summed E-state index contributed by atoms with van der Waals surface area (Å²) in [4.78, 5) is 17.0. The Morgan fingerprint density at radius 3 is 2.53 bits per heavy atom. The van der Waals surface area contributed by atoms with E-state index >= 15 is 0 Å². The lowest BCUT2D eigenvalue weighted by Gasteiger charge is -2.12. The molecule has 0 aliphatic rings. The number of fused-ring (bicyclic) bond motifs is 1. The highest BCUT2D eigenvalue weighted by molar-refractivity contribution is 7.80. The Bertz CT molecular complexity index is 1300. The number of rotatable bonds is 5. The molecule has 0 bridgehead atoms. The minimum atomic E-state index is -0.430. The van der Waals surface area contributed by atoms with Crippen LogP contribution in [0.2, 0.25) is 5.02 Å². The van der Waals surface area contributed by atoms with Crippen LogP contribution in [-0.2, 0) is 0 Å². The maximum absolute atomic E-state index is 12.5. The Kier molecular flexibility index (Phi) is 6.25. The molecule has 0 saturated heterocycles. The number of thiocarbonyl (C=S) groups is 1.